The van der Waals surface area contributed by atoms with Crippen molar-refractivity contribution in [1.29, 1.82) is 0 Å². The van der Waals surface area contributed by atoms with Crippen molar-refractivity contribution in [2.45, 2.75) is 32.7 Å². The summed E-state index contributed by atoms with van der Waals surface area (Å²) in [5.41, 5.74) is 2.81. The normalized spacial score (nSPS) is 17.2. The topological polar surface area (TPSA) is 92.6 Å². The molecule has 5 rings (SSSR count). The third kappa shape index (κ3) is 4.35. The highest BCUT2D eigenvalue weighted by Crippen LogP contribution is 2.44. The van der Waals surface area contributed by atoms with Crippen LogP contribution >= 0.6 is 11.3 Å². The van der Waals surface area contributed by atoms with Gasteiger partial charge in [0.1, 0.15) is 11.5 Å². The maximum Gasteiger partial charge on any atom is 0.301 e. The predicted molar refractivity (Wildman–Crippen MR) is 140 cm³/mol. The molecule has 0 bridgehead atoms. The zero-order chi connectivity index (χ0) is 25.2. The monoisotopic (exact) mass is 499 g/mol. The second kappa shape index (κ2) is 9.91. The summed E-state index contributed by atoms with van der Waals surface area (Å²) in [5, 5.41) is 11.8. The third-order valence-electron chi connectivity index (χ3n) is 6.06. The van der Waals surface area contributed by atoms with Crippen molar-refractivity contribution in [2.75, 3.05) is 11.5 Å². The van der Waals surface area contributed by atoms with Crippen molar-refractivity contribution in [3.05, 3.63) is 89.3 Å². The van der Waals surface area contributed by atoms with Gasteiger partial charge in [0, 0.05) is 18.0 Å². The minimum Gasteiger partial charge on any atom is -0.507 e. The van der Waals surface area contributed by atoms with Crippen molar-refractivity contribution in [1.82, 2.24) is 9.97 Å². The number of aliphatic hydroxyl groups is 1. The predicted octanol–water partition coefficient (Wildman–Crippen LogP) is 5.80. The van der Waals surface area contributed by atoms with Crippen molar-refractivity contribution in [2.24, 2.45) is 0 Å². The summed E-state index contributed by atoms with van der Waals surface area (Å²) < 4.78 is 6.69. The molecule has 8 heteroatoms. The number of thiazole rings is 1. The quantitative estimate of drug-likeness (QED) is 0.149. The first-order valence-electron chi connectivity index (χ1n) is 11.8. The minimum absolute atomic E-state index is 0.00542. The van der Waals surface area contributed by atoms with Gasteiger partial charge in [0.15, 0.2) is 5.13 Å². The van der Waals surface area contributed by atoms with Crippen molar-refractivity contribution < 1.29 is 19.4 Å². The fourth-order valence-corrected chi connectivity index (χ4v) is 5.32. The van der Waals surface area contributed by atoms with Crippen LogP contribution in [0, 0.1) is 6.92 Å². The number of carbonyl (C=O) groups is 2. The molecule has 0 saturated carbocycles. The van der Waals surface area contributed by atoms with Crippen LogP contribution in [-0.4, -0.2) is 33.4 Å². The van der Waals surface area contributed by atoms with Gasteiger partial charge in [-0.15, -0.1) is 0 Å². The molecule has 1 aliphatic rings. The van der Waals surface area contributed by atoms with Gasteiger partial charge < -0.3 is 9.84 Å². The molecule has 1 N–H and O–H groups in total. The van der Waals surface area contributed by atoms with E-state index in [-0.39, 0.29) is 11.3 Å². The summed E-state index contributed by atoms with van der Waals surface area (Å²) in [5.74, 6) is -1.19. The number of ketones is 1. The van der Waals surface area contributed by atoms with Crippen LogP contribution in [0.5, 0.6) is 5.75 Å². The summed E-state index contributed by atoms with van der Waals surface area (Å²) in [6.07, 6.45) is 5.12. The van der Waals surface area contributed by atoms with Crippen LogP contribution in [0.1, 0.15) is 42.5 Å². The first-order chi connectivity index (χ1) is 17.5. The fourth-order valence-electron chi connectivity index (χ4n) is 4.23. The van der Waals surface area contributed by atoms with Crippen LogP contribution in [0.2, 0.25) is 0 Å². The van der Waals surface area contributed by atoms with Crippen LogP contribution in [0.15, 0.2) is 72.6 Å². The van der Waals surface area contributed by atoms with E-state index in [1.54, 1.807) is 48.8 Å². The first-order valence-corrected chi connectivity index (χ1v) is 12.6. The molecule has 3 heterocycles. The lowest BCUT2D eigenvalue weighted by atomic mass is 9.96. The number of Topliss-reactive ketones (excluding diaryl/α,β-unsaturated/α-hetero) is 1. The largest absolute Gasteiger partial charge is 0.507 e. The van der Waals surface area contributed by atoms with E-state index < -0.39 is 17.7 Å². The maximum atomic E-state index is 13.4. The van der Waals surface area contributed by atoms with Crippen LogP contribution in [0.25, 0.3) is 16.0 Å². The number of nitrogens with zero attached hydrogens (tertiary/aromatic N) is 3. The Morgan fingerprint density at radius 2 is 2.00 bits per heavy atom. The number of benzene rings is 2. The number of ether oxygens (including phenoxy) is 1. The Kier molecular flexibility index (Phi) is 6.52. The van der Waals surface area contributed by atoms with Crippen molar-refractivity contribution in [3.63, 3.8) is 0 Å². The Labute approximate surface area is 212 Å². The lowest BCUT2D eigenvalue weighted by Crippen LogP contribution is -2.29. The zero-order valence-electron chi connectivity index (χ0n) is 20.0. The van der Waals surface area contributed by atoms with Gasteiger partial charge in [-0.05, 0) is 54.8 Å². The Hall–Kier alpha value is -4.04. The second-order valence-corrected chi connectivity index (χ2v) is 9.66. The lowest BCUT2D eigenvalue weighted by Gasteiger charge is -2.22. The van der Waals surface area contributed by atoms with E-state index in [0.29, 0.717) is 28.6 Å². The highest BCUT2D eigenvalue weighted by molar-refractivity contribution is 7.22. The van der Waals surface area contributed by atoms with Gasteiger partial charge in [0.05, 0.1) is 28.4 Å². The van der Waals surface area contributed by atoms with Crippen LogP contribution in [-0.2, 0) is 9.59 Å². The summed E-state index contributed by atoms with van der Waals surface area (Å²) in [7, 11) is 0. The van der Waals surface area contributed by atoms with Gasteiger partial charge in [-0.2, -0.15) is 0 Å². The average Bonchev–Trinajstić information content (AvgIpc) is 3.42. The van der Waals surface area contributed by atoms with Crippen LogP contribution < -0.4 is 9.64 Å². The standard InChI is InChI=1S/C28H25N3O4S/c1-3-4-13-35-20-9-5-7-18(15-20)25(32)23-24(19-8-6-12-29-16-19)31(27(34)26(23)33)28-30-21-11-10-17(2)14-22(21)36-28/h5-12,14-16,24,32H,3-4,13H2,1-2H3. The highest BCUT2D eigenvalue weighted by atomic mass is 32.1. The number of carbonyl (C=O) groups excluding carboxylic acids is 2. The van der Waals surface area contributed by atoms with E-state index in [9.17, 15) is 14.7 Å². The van der Waals surface area contributed by atoms with Crippen molar-refractivity contribution in [3.8, 4) is 5.75 Å². The average molecular weight is 500 g/mol. The molecule has 0 aliphatic carbocycles. The third-order valence-corrected chi connectivity index (χ3v) is 7.07. The summed E-state index contributed by atoms with van der Waals surface area (Å²) in [6.45, 7) is 4.62. The van der Waals surface area contributed by atoms with E-state index >= 15 is 0 Å². The molecular weight excluding hydrogens is 474 g/mol. The van der Waals surface area contributed by atoms with Gasteiger partial charge in [-0.1, -0.05) is 48.9 Å². The number of hydrogen-bond donors (Lipinski definition) is 1. The number of anilines is 1. The van der Waals surface area contributed by atoms with Crippen molar-refractivity contribution >= 4 is 44.1 Å². The Morgan fingerprint density at radius 3 is 2.78 bits per heavy atom. The van der Waals surface area contributed by atoms with Gasteiger partial charge in [-0.25, -0.2) is 4.98 Å². The smallest absolute Gasteiger partial charge is 0.301 e. The molecule has 182 valence electrons. The summed E-state index contributed by atoms with van der Waals surface area (Å²) in [6, 6.07) is 15.4. The molecule has 2 aromatic heterocycles. The fraction of sp³-hybridized carbons (Fsp3) is 0.214. The molecule has 1 amide bonds. The molecule has 36 heavy (non-hydrogen) atoms. The molecular formula is C28H25N3O4S. The number of rotatable bonds is 7. The molecule has 1 fully saturated rings. The Bertz CT molecular complexity index is 1480. The maximum absolute atomic E-state index is 13.4. The molecule has 0 spiro atoms. The Balaban J connectivity index is 1.63. The van der Waals surface area contributed by atoms with E-state index in [2.05, 4.69) is 16.9 Å². The number of unbranched alkanes of at least 4 members (excludes halogenated alkanes) is 1. The van der Waals surface area contributed by atoms with Crippen LogP contribution in [0.3, 0.4) is 0 Å². The number of amides is 1. The zero-order valence-corrected chi connectivity index (χ0v) is 20.8. The molecule has 7 nitrogen and oxygen atoms in total. The van der Waals surface area contributed by atoms with E-state index in [1.807, 2.05) is 25.1 Å². The van der Waals surface area contributed by atoms with Gasteiger partial charge in [0.25, 0.3) is 5.78 Å². The molecule has 1 unspecified atom stereocenters. The number of pyridine rings is 1. The lowest BCUT2D eigenvalue weighted by molar-refractivity contribution is -0.132. The van der Waals surface area contributed by atoms with E-state index in [0.717, 1.165) is 28.6 Å². The number of fused-ring (bicyclic) bond motifs is 1. The summed E-state index contributed by atoms with van der Waals surface area (Å²) in [4.78, 5) is 36.9. The molecule has 4 aromatic rings. The number of hydrogen-bond acceptors (Lipinski definition) is 7. The number of aryl methyl sites for hydroxylation is 1. The first kappa shape index (κ1) is 23.7. The van der Waals surface area contributed by atoms with Gasteiger partial charge >= 0.3 is 5.91 Å². The highest BCUT2D eigenvalue weighted by Gasteiger charge is 2.48. The van der Waals surface area contributed by atoms with Crippen LogP contribution in [0.4, 0.5) is 5.13 Å². The van der Waals surface area contributed by atoms with E-state index in [1.165, 1.54) is 16.2 Å². The molecule has 1 aliphatic heterocycles. The SMILES string of the molecule is CCCCOc1cccc(C(O)=C2C(=O)C(=O)N(c3nc4ccc(C)cc4s3)C2c2cccnc2)c1. The Morgan fingerprint density at radius 1 is 1.14 bits per heavy atom. The number of aromatic nitrogens is 2. The van der Waals surface area contributed by atoms with E-state index in [4.69, 9.17) is 4.74 Å². The molecule has 2 aromatic carbocycles. The number of aliphatic hydroxyl groups excluding tert-OH is 1. The molecule has 1 atom stereocenters. The molecule has 0 radical (unpaired) electrons. The van der Waals surface area contributed by atoms with Gasteiger partial charge in [-0.3, -0.25) is 19.5 Å². The minimum atomic E-state index is -0.870. The molecule has 1 saturated heterocycles. The summed E-state index contributed by atoms with van der Waals surface area (Å²) >= 11 is 1.33. The van der Waals surface area contributed by atoms with Gasteiger partial charge in [0.2, 0.25) is 0 Å². The second-order valence-electron chi connectivity index (χ2n) is 8.65.